The number of ether oxygens (including phenoxy) is 1. The van der Waals surface area contributed by atoms with Gasteiger partial charge in [-0.25, -0.2) is 9.18 Å². The van der Waals surface area contributed by atoms with Gasteiger partial charge in [0.25, 0.3) is 0 Å². The molecule has 0 heterocycles. The summed E-state index contributed by atoms with van der Waals surface area (Å²) in [5.41, 5.74) is 0.410. The molecule has 0 unspecified atom stereocenters. The van der Waals surface area contributed by atoms with Crippen LogP contribution in [0.15, 0.2) is 18.2 Å². The van der Waals surface area contributed by atoms with Crippen LogP contribution in [0.1, 0.15) is 10.4 Å². The minimum atomic E-state index is -0.545. The maximum absolute atomic E-state index is 13.6. The van der Waals surface area contributed by atoms with E-state index in [0.717, 1.165) is 6.54 Å². The fourth-order valence-corrected chi connectivity index (χ4v) is 1.39. The van der Waals surface area contributed by atoms with Gasteiger partial charge in [0.2, 0.25) is 0 Å². The van der Waals surface area contributed by atoms with E-state index < -0.39 is 11.8 Å². The van der Waals surface area contributed by atoms with Crippen molar-refractivity contribution >= 4 is 11.7 Å². The third-order valence-corrected chi connectivity index (χ3v) is 2.28. The Morgan fingerprint density at radius 2 is 2.18 bits per heavy atom. The van der Waals surface area contributed by atoms with Gasteiger partial charge in [0.15, 0.2) is 0 Å². The van der Waals surface area contributed by atoms with E-state index in [4.69, 9.17) is 0 Å². The van der Waals surface area contributed by atoms with Crippen molar-refractivity contribution in [3.05, 3.63) is 29.6 Å². The maximum Gasteiger partial charge on any atom is 0.340 e. The Hall–Kier alpha value is -1.62. The summed E-state index contributed by atoms with van der Waals surface area (Å²) in [6, 6.07) is 4.33. The molecule has 0 aliphatic rings. The number of hydrogen-bond donors (Lipinski definition) is 1. The Kier molecular flexibility index (Phi) is 4.90. The fraction of sp³-hybridized carbons (Fsp3) is 0.417. The van der Waals surface area contributed by atoms with Gasteiger partial charge in [-0.05, 0) is 26.2 Å². The van der Waals surface area contributed by atoms with Crippen LogP contribution in [0.25, 0.3) is 0 Å². The molecule has 0 radical (unpaired) electrons. The number of halogens is 1. The minimum absolute atomic E-state index is 0.196. The third kappa shape index (κ3) is 3.71. The molecule has 0 aliphatic carbocycles. The predicted octanol–water partition coefficient (Wildman–Crippen LogP) is 1.59. The standard InChI is InChI=1S/C12H17FN2O2/c1-15(2)8-7-14-11-9(12(16)17-3)5-4-6-10(11)13/h4-6,14H,7-8H2,1-3H3. The number of carbonyl (C=O) groups excluding carboxylic acids is 1. The highest BCUT2D eigenvalue weighted by atomic mass is 19.1. The lowest BCUT2D eigenvalue weighted by Crippen LogP contribution is -2.22. The summed E-state index contributed by atoms with van der Waals surface area (Å²) >= 11 is 0. The monoisotopic (exact) mass is 240 g/mol. The van der Waals surface area contributed by atoms with Gasteiger partial charge in [-0.2, -0.15) is 0 Å². The SMILES string of the molecule is COC(=O)c1cccc(F)c1NCCN(C)C. The molecule has 0 fully saturated rings. The molecule has 0 saturated heterocycles. The average molecular weight is 240 g/mol. The topological polar surface area (TPSA) is 41.6 Å². The van der Waals surface area contributed by atoms with Crippen molar-refractivity contribution in [3.63, 3.8) is 0 Å². The minimum Gasteiger partial charge on any atom is -0.465 e. The fourth-order valence-electron chi connectivity index (χ4n) is 1.39. The van der Waals surface area contributed by atoms with Crippen LogP contribution in [0.4, 0.5) is 10.1 Å². The highest BCUT2D eigenvalue weighted by Gasteiger charge is 2.14. The first kappa shape index (κ1) is 13.4. The lowest BCUT2D eigenvalue weighted by Gasteiger charge is -2.14. The molecule has 0 amide bonds. The molecule has 0 spiro atoms. The van der Waals surface area contributed by atoms with Gasteiger partial charge in [0.1, 0.15) is 5.82 Å². The van der Waals surface area contributed by atoms with Crippen molar-refractivity contribution in [3.8, 4) is 0 Å². The highest BCUT2D eigenvalue weighted by molar-refractivity contribution is 5.95. The molecule has 94 valence electrons. The molecule has 0 aliphatic heterocycles. The van der Waals surface area contributed by atoms with Gasteiger partial charge >= 0.3 is 5.97 Å². The molecular formula is C12H17FN2O2. The van der Waals surface area contributed by atoms with E-state index in [9.17, 15) is 9.18 Å². The summed E-state index contributed by atoms with van der Waals surface area (Å²) in [7, 11) is 5.12. The van der Waals surface area contributed by atoms with Crippen molar-refractivity contribution in [1.82, 2.24) is 4.90 Å². The third-order valence-electron chi connectivity index (χ3n) is 2.28. The van der Waals surface area contributed by atoms with Gasteiger partial charge in [-0.1, -0.05) is 6.07 Å². The van der Waals surface area contributed by atoms with Gasteiger partial charge in [-0.15, -0.1) is 0 Å². The van der Waals surface area contributed by atoms with Crippen LogP contribution in [0.3, 0.4) is 0 Å². The van der Waals surface area contributed by atoms with Crippen LogP contribution in [-0.2, 0) is 4.74 Å². The van der Waals surface area contributed by atoms with Crippen LogP contribution in [0.5, 0.6) is 0 Å². The summed E-state index contributed by atoms with van der Waals surface area (Å²) in [6.45, 7) is 1.30. The average Bonchev–Trinajstić information content (AvgIpc) is 2.29. The van der Waals surface area contributed by atoms with Crippen molar-refractivity contribution < 1.29 is 13.9 Å². The van der Waals surface area contributed by atoms with Gasteiger partial charge in [-0.3, -0.25) is 0 Å². The summed E-state index contributed by atoms with van der Waals surface area (Å²) in [5, 5.41) is 2.91. The Labute approximate surface area is 100 Å². The van der Waals surface area contributed by atoms with Crippen LogP contribution in [0, 0.1) is 5.82 Å². The van der Waals surface area contributed by atoms with Crippen molar-refractivity contribution in [2.75, 3.05) is 39.6 Å². The second-order valence-electron chi connectivity index (χ2n) is 3.88. The van der Waals surface area contributed by atoms with Gasteiger partial charge in [0.05, 0.1) is 18.4 Å². The molecule has 17 heavy (non-hydrogen) atoms. The van der Waals surface area contributed by atoms with Crippen LogP contribution >= 0.6 is 0 Å². The number of likely N-dealkylation sites (N-methyl/N-ethyl adjacent to an activating group) is 1. The normalized spacial score (nSPS) is 10.4. The van der Waals surface area contributed by atoms with E-state index >= 15 is 0 Å². The number of methoxy groups -OCH3 is 1. The Morgan fingerprint density at radius 1 is 1.47 bits per heavy atom. The van der Waals surface area contributed by atoms with Crippen molar-refractivity contribution in [2.24, 2.45) is 0 Å². The van der Waals surface area contributed by atoms with Gasteiger partial charge < -0.3 is 15.0 Å². The van der Waals surface area contributed by atoms with Crippen LogP contribution < -0.4 is 5.32 Å². The number of nitrogens with one attached hydrogen (secondary N) is 1. The summed E-state index contributed by atoms with van der Waals surface area (Å²) < 4.78 is 18.2. The quantitative estimate of drug-likeness (QED) is 0.793. The van der Waals surface area contributed by atoms with Crippen LogP contribution in [-0.4, -0.2) is 45.2 Å². The van der Waals surface area contributed by atoms with E-state index in [-0.39, 0.29) is 11.3 Å². The second kappa shape index (κ2) is 6.20. The van der Waals surface area contributed by atoms with Crippen molar-refractivity contribution in [1.29, 1.82) is 0 Å². The number of esters is 1. The zero-order valence-electron chi connectivity index (χ0n) is 10.3. The van der Waals surface area contributed by atoms with E-state index in [2.05, 4.69) is 10.1 Å². The molecule has 0 atom stereocenters. The lowest BCUT2D eigenvalue weighted by molar-refractivity contribution is 0.0601. The number of benzene rings is 1. The smallest absolute Gasteiger partial charge is 0.340 e. The van der Waals surface area contributed by atoms with Crippen molar-refractivity contribution in [2.45, 2.75) is 0 Å². The largest absolute Gasteiger partial charge is 0.465 e. The summed E-state index contributed by atoms with van der Waals surface area (Å²) in [6.07, 6.45) is 0. The first-order valence-electron chi connectivity index (χ1n) is 5.31. The van der Waals surface area contributed by atoms with Gasteiger partial charge in [0, 0.05) is 13.1 Å². The molecule has 4 nitrogen and oxygen atoms in total. The molecular weight excluding hydrogens is 223 g/mol. The predicted molar refractivity (Wildman–Crippen MR) is 64.8 cm³/mol. The lowest BCUT2D eigenvalue weighted by atomic mass is 10.1. The number of hydrogen-bond acceptors (Lipinski definition) is 4. The number of rotatable bonds is 5. The first-order chi connectivity index (χ1) is 8.06. The summed E-state index contributed by atoms with van der Waals surface area (Å²) in [4.78, 5) is 13.4. The maximum atomic E-state index is 13.6. The molecule has 0 aromatic heterocycles. The zero-order valence-corrected chi connectivity index (χ0v) is 10.3. The molecule has 1 aromatic rings. The number of anilines is 1. The highest BCUT2D eigenvalue weighted by Crippen LogP contribution is 2.20. The number of para-hydroxylation sites is 1. The zero-order chi connectivity index (χ0) is 12.8. The van der Waals surface area contributed by atoms with E-state index in [0.29, 0.717) is 6.54 Å². The van der Waals surface area contributed by atoms with E-state index in [1.165, 1.54) is 25.3 Å². The molecule has 5 heteroatoms. The summed E-state index contributed by atoms with van der Waals surface area (Å²) in [5.74, 6) is -0.997. The molecule has 1 N–H and O–H groups in total. The molecule has 0 saturated carbocycles. The van der Waals surface area contributed by atoms with Crippen LogP contribution in [0.2, 0.25) is 0 Å². The van der Waals surface area contributed by atoms with E-state index in [1.54, 1.807) is 0 Å². The Balaban J connectivity index is 2.84. The second-order valence-corrected chi connectivity index (χ2v) is 3.88. The van der Waals surface area contributed by atoms with E-state index in [1.807, 2.05) is 19.0 Å². The Morgan fingerprint density at radius 3 is 2.76 bits per heavy atom. The first-order valence-corrected chi connectivity index (χ1v) is 5.31. The molecule has 0 bridgehead atoms. The Bertz CT molecular complexity index is 394. The molecule has 1 aromatic carbocycles. The molecule has 1 rings (SSSR count). The number of carbonyl (C=O) groups is 1. The number of nitrogens with zero attached hydrogens (tertiary/aromatic N) is 1.